The highest BCUT2D eigenvalue weighted by atomic mass is 16.5. The molecule has 0 saturated carbocycles. The van der Waals surface area contributed by atoms with Crippen LogP contribution < -0.4 is 10.1 Å². The van der Waals surface area contributed by atoms with Gasteiger partial charge in [0.1, 0.15) is 5.75 Å². The Morgan fingerprint density at radius 1 is 0.800 bits per heavy atom. The third-order valence-electron chi connectivity index (χ3n) is 3.48. The summed E-state index contributed by atoms with van der Waals surface area (Å²) in [6.45, 7) is 0. The van der Waals surface area contributed by atoms with Gasteiger partial charge in [0.15, 0.2) is 0 Å². The number of carbonyl (C=O) groups excluding carboxylic acids is 2. The van der Waals surface area contributed by atoms with Crippen molar-refractivity contribution in [1.29, 1.82) is 0 Å². The molecule has 4 rings (SSSR count). The van der Waals surface area contributed by atoms with Crippen molar-refractivity contribution in [2.24, 2.45) is 0 Å². The molecule has 2 aromatic carbocycles. The molecular formula is C16H9NO3. The summed E-state index contributed by atoms with van der Waals surface area (Å²) < 4.78 is 5.22. The predicted octanol–water partition coefficient (Wildman–Crippen LogP) is 2.47. The fourth-order valence-electron chi connectivity index (χ4n) is 2.63. The van der Waals surface area contributed by atoms with Crippen molar-refractivity contribution in [2.45, 2.75) is 0 Å². The Kier molecular flexibility index (Phi) is 2.09. The Balaban J connectivity index is 2.05. The third-order valence-corrected chi connectivity index (χ3v) is 3.48. The summed E-state index contributed by atoms with van der Waals surface area (Å²) in [6, 6.07) is 14.4. The van der Waals surface area contributed by atoms with Crippen LogP contribution in [-0.2, 0) is 9.59 Å². The van der Waals surface area contributed by atoms with Gasteiger partial charge in [0.05, 0.1) is 11.1 Å². The van der Waals surface area contributed by atoms with Crippen molar-refractivity contribution >= 4 is 28.7 Å². The van der Waals surface area contributed by atoms with E-state index in [9.17, 15) is 9.59 Å². The van der Waals surface area contributed by atoms with Gasteiger partial charge in [0, 0.05) is 16.8 Å². The first-order chi connectivity index (χ1) is 9.75. The molecule has 0 spiro atoms. The van der Waals surface area contributed by atoms with Crippen LogP contribution in [0.4, 0.5) is 5.69 Å². The van der Waals surface area contributed by atoms with Gasteiger partial charge in [-0.1, -0.05) is 36.4 Å². The molecule has 4 nitrogen and oxygen atoms in total. The maximum absolute atomic E-state index is 12.2. The lowest BCUT2D eigenvalue weighted by Gasteiger charge is -2.01. The van der Waals surface area contributed by atoms with Crippen LogP contribution in [0.2, 0.25) is 0 Å². The molecule has 1 amide bonds. The van der Waals surface area contributed by atoms with Crippen molar-refractivity contribution in [3.05, 3.63) is 59.7 Å². The normalized spacial score (nSPS) is 19.4. The van der Waals surface area contributed by atoms with Gasteiger partial charge < -0.3 is 10.1 Å². The van der Waals surface area contributed by atoms with Crippen LogP contribution in [-0.4, -0.2) is 11.9 Å². The quantitative estimate of drug-likeness (QED) is 0.451. The number of hydrogen-bond acceptors (Lipinski definition) is 3. The van der Waals surface area contributed by atoms with E-state index >= 15 is 0 Å². The van der Waals surface area contributed by atoms with E-state index in [0.717, 1.165) is 11.3 Å². The largest absolute Gasteiger partial charge is 0.422 e. The second-order valence-electron chi connectivity index (χ2n) is 4.64. The molecule has 0 unspecified atom stereocenters. The molecule has 0 fully saturated rings. The van der Waals surface area contributed by atoms with E-state index in [0.29, 0.717) is 22.5 Å². The Morgan fingerprint density at radius 2 is 1.50 bits per heavy atom. The van der Waals surface area contributed by atoms with Crippen LogP contribution in [0.5, 0.6) is 5.75 Å². The Hall–Kier alpha value is -2.88. The van der Waals surface area contributed by atoms with Gasteiger partial charge in [-0.15, -0.1) is 0 Å². The maximum Gasteiger partial charge on any atom is 0.345 e. The minimum atomic E-state index is -0.479. The monoisotopic (exact) mass is 263 g/mol. The topological polar surface area (TPSA) is 55.4 Å². The van der Waals surface area contributed by atoms with E-state index in [2.05, 4.69) is 5.32 Å². The van der Waals surface area contributed by atoms with Gasteiger partial charge in [-0.3, -0.25) is 4.79 Å². The van der Waals surface area contributed by atoms with Gasteiger partial charge >= 0.3 is 5.97 Å². The van der Waals surface area contributed by atoms with Gasteiger partial charge in [-0.05, 0) is 12.1 Å². The molecule has 2 heterocycles. The zero-order valence-electron chi connectivity index (χ0n) is 10.3. The molecule has 2 aromatic rings. The number of esters is 1. The van der Waals surface area contributed by atoms with Gasteiger partial charge in [0.2, 0.25) is 0 Å². The number of rotatable bonds is 0. The summed E-state index contributed by atoms with van der Waals surface area (Å²) in [7, 11) is 0. The van der Waals surface area contributed by atoms with E-state index in [-0.39, 0.29) is 5.91 Å². The molecule has 4 heteroatoms. The molecule has 0 radical (unpaired) electrons. The number of nitrogens with one attached hydrogen (secondary N) is 1. The zero-order valence-corrected chi connectivity index (χ0v) is 10.3. The Labute approximate surface area is 114 Å². The van der Waals surface area contributed by atoms with Crippen molar-refractivity contribution in [3.63, 3.8) is 0 Å². The zero-order chi connectivity index (χ0) is 13.7. The van der Waals surface area contributed by atoms with Crippen molar-refractivity contribution in [1.82, 2.24) is 0 Å². The highest BCUT2D eigenvalue weighted by Crippen LogP contribution is 2.42. The van der Waals surface area contributed by atoms with E-state index in [4.69, 9.17) is 4.74 Å². The highest BCUT2D eigenvalue weighted by molar-refractivity contribution is 6.45. The van der Waals surface area contributed by atoms with Crippen molar-refractivity contribution in [3.8, 4) is 5.75 Å². The first kappa shape index (κ1) is 11.0. The van der Waals surface area contributed by atoms with Crippen molar-refractivity contribution in [2.75, 3.05) is 5.32 Å². The molecule has 96 valence electrons. The average molecular weight is 263 g/mol. The minimum absolute atomic E-state index is 0.269. The molecule has 2 aliphatic rings. The molecule has 0 saturated heterocycles. The second-order valence-corrected chi connectivity index (χ2v) is 4.64. The van der Waals surface area contributed by atoms with Crippen LogP contribution in [0.1, 0.15) is 11.1 Å². The molecule has 0 atom stereocenters. The summed E-state index contributed by atoms with van der Waals surface area (Å²) in [5, 5.41) is 2.77. The van der Waals surface area contributed by atoms with E-state index < -0.39 is 5.97 Å². The summed E-state index contributed by atoms with van der Waals surface area (Å²) in [6.07, 6.45) is 0. The van der Waals surface area contributed by atoms with E-state index in [1.807, 2.05) is 30.3 Å². The van der Waals surface area contributed by atoms with Crippen molar-refractivity contribution < 1.29 is 14.3 Å². The van der Waals surface area contributed by atoms with Gasteiger partial charge in [-0.2, -0.15) is 0 Å². The molecule has 20 heavy (non-hydrogen) atoms. The number of fused-ring (bicyclic) bond motifs is 2. The van der Waals surface area contributed by atoms with Gasteiger partial charge in [-0.25, -0.2) is 4.79 Å². The van der Waals surface area contributed by atoms with Crippen LogP contribution in [0.25, 0.3) is 11.1 Å². The lowest BCUT2D eigenvalue weighted by Crippen LogP contribution is -2.09. The van der Waals surface area contributed by atoms with Gasteiger partial charge in [0.25, 0.3) is 5.91 Å². The number of anilines is 1. The average Bonchev–Trinajstić information content (AvgIpc) is 2.94. The van der Waals surface area contributed by atoms with Crippen LogP contribution in [0.15, 0.2) is 48.5 Å². The fourth-order valence-corrected chi connectivity index (χ4v) is 2.63. The molecule has 0 bridgehead atoms. The summed E-state index contributed by atoms with van der Waals surface area (Å²) in [5.74, 6) is -0.250. The summed E-state index contributed by atoms with van der Waals surface area (Å²) >= 11 is 0. The molecule has 0 aliphatic carbocycles. The molecule has 0 aromatic heterocycles. The first-order valence-corrected chi connectivity index (χ1v) is 6.22. The lowest BCUT2D eigenvalue weighted by molar-refractivity contribution is -0.127. The number of benzene rings is 2. The SMILES string of the molecule is O=C1Nc2ccccc2C1=C1C(=O)Oc2ccccc21. The number of amides is 1. The van der Waals surface area contributed by atoms with E-state index in [1.54, 1.807) is 18.2 Å². The highest BCUT2D eigenvalue weighted by Gasteiger charge is 2.36. The third kappa shape index (κ3) is 1.36. The smallest absolute Gasteiger partial charge is 0.345 e. The number of para-hydroxylation sites is 2. The van der Waals surface area contributed by atoms with E-state index in [1.165, 1.54) is 0 Å². The minimum Gasteiger partial charge on any atom is -0.422 e. The molecule has 2 aliphatic heterocycles. The number of carbonyl (C=O) groups is 2. The second kappa shape index (κ2) is 3.81. The lowest BCUT2D eigenvalue weighted by atomic mass is 9.96. The Bertz CT molecular complexity index is 737. The summed E-state index contributed by atoms with van der Waals surface area (Å²) in [5.41, 5.74) is 2.84. The number of ether oxygens (including phenoxy) is 1. The maximum atomic E-state index is 12.2. The Morgan fingerprint density at radius 3 is 2.35 bits per heavy atom. The molecular weight excluding hydrogens is 254 g/mol. The summed E-state index contributed by atoms with van der Waals surface area (Å²) in [4.78, 5) is 24.3. The predicted molar refractivity (Wildman–Crippen MR) is 74.0 cm³/mol. The standard InChI is InChI=1S/C16H9NO3/c18-15-13(9-5-1-3-7-11(9)17-15)14-10-6-2-4-8-12(10)20-16(14)19/h1-8H,(H,17,18). The first-order valence-electron chi connectivity index (χ1n) is 6.22. The van der Waals surface area contributed by atoms with Crippen LogP contribution >= 0.6 is 0 Å². The molecule has 1 N–H and O–H groups in total. The fraction of sp³-hybridized carbons (Fsp3) is 0. The van der Waals surface area contributed by atoms with Crippen LogP contribution in [0, 0.1) is 0 Å². The van der Waals surface area contributed by atoms with Crippen LogP contribution in [0.3, 0.4) is 0 Å². The number of hydrogen-bond donors (Lipinski definition) is 1.